The van der Waals surface area contributed by atoms with Crippen LogP contribution in [0.3, 0.4) is 0 Å². The average molecular weight is 277 g/mol. The van der Waals surface area contributed by atoms with Crippen molar-refractivity contribution >= 4 is 0 Å². The zero-order valence-corrected chi connectivity index (χ0v) is 12.8. The standard InChI is InChI=1S/C16H27N3O/c1-13(2)19-12-18-11-15(19)10-17-9-14-4-7-20-16(8-14)5-3-6-16/h11-14,17H,3-10H2,1-2H3. The van der Waals surface area contributed by atoms with Gasteiger partial charge in [-0.05, 0) is 58.4 Å². The van der Waals surface area contributed by atoms with E-state index in [1.807, 2.05) is 12.5 Å². The lowest BCUT2D eigenvalue weighted by Gasteiger charge is -2.47. The summed E-state index contributed by atoms with van der Waals surface area (Å²) < 4.78 is 8.23. The Kier molecular flexibility index (Phi) is 4.13. The molecule has 2 heterocycles. The van der Waals surface area contributed by atoms with Gasteiger partial charge in [0.2, 0.25) is 0 Å². The van der Waals surface area contributed by atoms with Gasteiger partial charge in [-0.2, -0.15) is 0 Å². The molecule has 1 saturated heterocycles. The molecule has 1 N–H and O–H groups in total. The molecule has 1 unspecified atom stereocenters. The van der Waals surface area contributed by atoms with E-state index in [0.29, 0.717) is 6.04 Å². The van der Waals surface area contributed by atoms with Gasteiger partial charge in [0.1, 0.15) is 0 Å². The van der Waals surface area contributed by atoms with Crippen molar-refractivity contribution in [3.05, 3.63) is 18.2 Å². The van der Waals surface area contributed by atoms with Crippen LogP contribution in [0.1, 0.15) is 57.7 Å². The molecule has 20 heavy (non-hydrogen) atoms. The number of hydrogen-bond acceptors (Lipinski definition) is 3. The lowest BCUT2D eigenvalue weighted by atomic mass is 9.72. The first-order chi connectivity index (χ1) is 9.69. The van der Waals surface area contributed by atoms with E-state index in [1.165, 1.54) is 37.8 Å². The fourth-order valence-corrected chi connectivity index (χ4v) is 3.56. The van der Waals surface area contributed by atoms with Gasteiger partial charge in [-0.3, -0.25) is 0 Å². The summed E-state index contributed by atoms with van der Waals surface area (Å²) >= 11 is 0. The minimum Gasteiger partial charge on any atom is -0.375 e. The average Bonchev–Trinajstić information content (AvgIpc) is 2.86. The summed E-state index contributed by atoms with van der Waals surface area (Å²) in [4.78, 5) is 4.26. The first-order valence-electron chi connectivity index (χ1n) is 8.04. The lowest BCUT2D eigenvalue weighted by Crippen LogP contribution is -2.47. The third-order valence-corrected chi connectivity index (χ3v) is 4.90. The second-order valence-corrected chi connectivity index (χ2v) is 6.76. The molecule has 2 fully saturated rings. The number of ether oxygens (including phenoxy) is 1. The van der Waals surface area contributed by atoms with Crippen molar-refractivity contribution in [1.29, 1.82) is 0 Å². The van der Waals surface area contributed by atoms with Gasteiger partial charge in [-0.25, -0.2) is 4.98 Å². The predicted octanol–water partition coefficient (Wildman–Crippen LogP) is 2.90. The summed E-state index contributed by atoms with van der Waals surface area (Å²) in [6.45, 7) is 7.38. The van der Waals surface area contributed by atoms with Crippen LogP contribution in [0.25, 0.3) is 0 Å². The zero-order chi connectivity index (χ0) is 14.0. The SMILES string of the molecule is CC(C)n1cncc1CNCC1CCOC2(CCC2)C1. The van der Waals surface area contributed by atoms with Crippen LogP contribution >= 0.6 is 0 Å². The molecule has 1 atom stereocenters. The molecular formula is C16H27N3O. The van der Waals surface area contributed by atoms with Crippen LogP contribution in [0.2, 0.25) is 0 Å². The minimum absolute atomic E-state index is 0.268. The van der Waals surface area contributed by atoms with Crippen LogP contribution in [0, 0.1) is 5.92 Å². The van der Waals surface area contributed by atoms with Crippen LogP contribution < -0.4 is 5.32 Å². The Morgan fingerprint density at radius 1 is 1.50 bits per heavy atom. The zero-order valence-electron chi connectivity index (χ0n) is 12.8. The summed E-state index contributed by atoms with van der Waals surface area (Å²) in [5, 5.41) is 3.62. The molecule has 0 bridgehead atoms. The van der Waals surface area contributed by atoms with Crippen molar-refractivity contribution in [3.8, 4) is 0 Å². The number of nitrogens with one attached hydrogen (secondary N) is 1. The second-order valence-electron chi connectivity index (χ2n) is 6.76. The van der Waals surface area contributed by atoms with Crippen molar-refractivity contribution < 1.29 is 4.74 Å². The van der Waals surface area contributed by atoms with Crippen LogP contribution in [0.5, 0.6) is 0 Å². The second kappa shape index (κ2) is 5.86. The number of imidazole rings is 1. The van der Waals surface area contributed by atoms with Gasteiger partial charge in [0.15, 0.2) is 0 Å². The van der Waals surface area contributed by atoms with E-state index in [9.17, 15) is 0 Å². The van der Waals surface area contributed by atoms with E-state index >= 15 is 0 Å². The van der Waals surface area contributed by atoms with Crippen LogP contribution in [0.4, 0.5) is 0 Å². The summed E-state index contributed by atoms with van der Waals surface area (Å²) in [6, 6.07) is 0.482. The monoisotopic (exact) mass is 277 g/mol. The molecule has 4 heteroatoms. The number of aromatic nitrogens is 2. The van der Waals surface area contributed by atoms with Crippen molar-refractivity contribution in [2.75, 3.05) is 13.2 Å². The largest absolute Gasteiger partial charge is 0.375 e. The molecule has 1 aliphatic heterocycles. The third-order valence-electron chi connectivity index (χ3n) is 4.90. The number of rotatable bonds is 5. The molecule has 1 aromatic rings. The third kappa shape index (κ3) is 2.91. The Balaban J connectivity index is 1.46. The number of nitrogens with zero attached hydrogens (tertiary/aromatic N) is 2. The normalized spacial score (nSPS) is 25.1. The van der Waals surface area contributed by atoms with Crippen LogP contribution in [0.15, 0.2) is 12.5 Å². The van der Waals surface area contributed by atoms with Gasteiger partial charge in [-0.1, -0.05) is 0 Å². The molecule has 0 aromatic carbocycles. The molecule has 4 nitrogen and oxygen atoms in total. The smallest absolute Gasteiger partial charge is 0.0951 e. The van der Waals surface area contributed by atoms with Crippen molar-refractivity contribution in [3.63, 3.8) is 0 Å². The maximum absolute atomic E-state index is 5.99. The van der Waals surface area contributed by atoms with Crippen molar-refractivity contribution in [1.82, 2.24) is 14.9 Å². The molecule has 0 amide bonds. The Morgan fingerprint density at radius 3 is 3.05 bits per heavy atom. The van der Waals surface area contributed by atoms with E-state index in [4.69, 9.17) is 4.74 Å². The molecule has 3 rings (SSSR count). The maximum Gasteiger partial charge on any atom is 0.0951 e. The van der Waals surface area contributed by atoms with E-state index in [2.05, 4.69) is 28.7 Å². The Hall–Kier alpha value is -0.870. The molecule has 1 saturated carbocycles. The van der Waals surface area contributed by atoms with Gasteiger partial charge in [0.05, 0.1) is 17.6 Å². The molecular weight excluding hydrogens is 250 g/mol. The minimum atomic E-state index is 0.268. The summed E-state index contributed by atoms with van der Waals surface area (Å²) in [5.74, 6) is 0.777. The maximum atomic E-state index is 5.99. The summed E-state index contributed by atoms with van der Waals surface area (Å²) in [6.07, 6.45) is 10.3. The molecule has 0 radical (unpaired) electrons. The predicted molar refractivity (Wildman–Crippen MR) is 79.6 cm³/mol. The highest BCUT2D eigenvalue weighted by Crippen LogP contribution is 2.43. The molecule has 2 aliphatic rings. The van der Waals surface area contributed by atoms with Gasteiger partial charge in [0.25, 0.3) is 0 Å². The molecule has 1 aromatic heterocycles. The van der Waals surface area contributed by atoms with Crippen molar-refractivity contribution in [2.24, 2.45) is 5.92 Å². The Labute approximate surface area is 121 Å². The summed E-state index contributed by atoms with van der Waals surface area (Å²) in [7, 11) is 0. The van der Waals surface area contributed by atoms with E-state index in [-0.39, 0.29) is 5.60 Å². The van der Waals surface area contributed by atoms with Crippen molar-refractivity contribution in [2.45, 2.75) is 64.1 Å². The Bertz CT molecular complexity index is 437. The topological polar surface area (TPSA) is 39.1 Å². The summed E-state index contributed by atoms with van der Waals surface area (Å²) in [5.41, 5.74) is 1.55. The Morgan fingerprint density at radius 2 is 2.35 bits per heavy atom. The fourth-order valence-electron chi connectivity index (χ4n) is 3.56. The number of hydrogen-bond donors (Lipinski definition) is 1. The highest BCUT2D eigenvalue weighted by atomic mass is 16.5. The highest BCUT2D eigenvalue weighted by Gasteiger charge is 2.42. The lowest BCUT2D eigenvalue weighted by molar-refractivity contribution is -0.142. The fraction of sp³-hybridized carbons (Fsp3) is 0.812. The van der Waals surface area contributed by atoms with Crippen LogP contribution in [-0.2, 0) is 11.3 Å². The van der Waals surface area contributed by atoms with E-state index in [1.54, 1.807) is 0 Å². The van der Waals surface area contributed by atoms with Gasteiger partial charge >= 0.3 is 0 Å². The van der Waals surface area contributed by atoms with Gasteiger partial charge < -0.3 is 14.6 Å². The first kappa shape index (κ1) is 14.1. The van der Waals surface area contributed by atoms with Gasteiger partial charge in [0, 0.05) is 25.4 Å². The van der Waals surface area contributed by atoms with Gasteiger partial charge in [-0.15, -0.1) is 0 Å². The molecule has 112 valence electrons. The quantitative estimate of drug-likeness (QED) is 0.899. The first-order valence-corrected chi connectivity index (χ1v) is 8.04. The molecule has 1 aliphatic carbocycles. The van der Waals surface area contributed by atoms with Crippen LogP contribution in [-0.4, -0.2) is 28.3 Å². The van der Waals surface area contributed by atoms with E-state index < -0.39 is 0 Å². The van der Waals surface area contributed by atoms with E-state index in [0.717, 1.165) is 25.6 Å². The highest BCUT2D eigenvalue weighted by molar-refractivity contribution is 5.00. The molecule has 1 spiro atoms.